The van der Waals surface area contributed by atoms with E-state index in [4.69, 9.17) is 21.4 Å². The molecule has 2 aliphatic heterocycles. The molecule has 27 heavy (non-hydrogen) atoms. The van der Waals surface area contributed by atoms with Gasteiger partial charge in [-0.05, 0) is 54.9 Å². The van der Waals surface area contributed by atoms with Gasteiger partial charge in [0.2, 0.25) is 5.17 Å². The number of rotatable bonds is 4. The highest BCUT2D eigenvalue weighted by molar-refractivity contribution is 8.26. The van der Waals surface area contributed by atoms with Crippen molar-refractivity contribution in [2.45, 2.75) is 19.8 Å². The second kappa shape index (κ2) is 7.17. The smallest absolute Gasteiger partial charge is 0.283 e. The number of benzene rings is 1. The molecular formula is C19H15ClN4O2S. The number of hydrogen-bond acceptors (Lipinski definition) is 5. The van der Waals surface area contributed by atoms with Crippen molar-refractivity contribution in [1.82, 2.24) is 5.01 Å². The summed E-state index contributed by atoms with van der Waals surface area (Å²) < 4.78 is 5.80. The van der Waals surface area contributed by atoms with E-state index in [0.29, 0.717) is 21.7 Å². The molecule has 136 valence electrons. The number of hydrazone groups is 1. The summed E-state index contributed by atoms with van der Waals surface area (Å²) in [4.78, 5) is 16.5. The molecule has 0 bridgehead atoms. The standard InChI is InChI=1S/C19H15ClN4O2S/c1-2-5-16-23-24-17(21)13(18(25)22-19(24)27-16)10-11-8-9-15(26-11)12-6-3-4-7-14(12)20/h3-4,6-10,21H,2,5H2,1H3/b13-10-,21-17?. The maximum atomic E-state index is 12.4. The molecule has 2 aromatic rings. The van der Waals surface area contributed by atoms with Gasteiger partial charge in [-0.25, -0.2) is 0 Å². The van der Waals surface area contributed by atoms with Crippen LogP contribution >= 0.6 is 23.4 Å². The van der Waals surface area contributed by atoms with Gasteiger partial charge < -0.3 is 4.42 Å². The van der Waals surface area contributed by atoms with Crippen molar-refractivity contribution >= 4 is 51.4 Å². The summed E-state index contributed by atoms with van der Waals surface area (Å²) in [5, 5.41) is 16.0. The van der Waals surface area contributed by atoms with Crippen molar-refractivity contribution in [3.8, 4) is 11.3 Å². The van der Waals surface area contributed by atoms with E-state index in [1.54, 1.807) is 18.2 Å². The maximum Gasteiger partial charge on any atom is 0.283 e. The molecule has 1 amide bonds. The fourth-order valence-electron chi connectivity index (χ4n) is 2.73. The van der Waals surface area contributed by atoms with Crippen LogP contribution in [0.1, 0.15) is 25.5 Å². The number of nitrogens with one attached hydrogen (secondary N) is 1. The van der Waals surface area contributed by atoms with Gasteiger partial charge in [0.25, 0.3) is 5.91 Å². The molecule has 6 nitrogen and oxygen atoms in total. The Morgan fingerprint density at radius 3 is 2.89 bits per heavy atom. The Hall–Kier alpha value is -2.64. The van der Waals surface area contributed by atoms with Crippen molar-refractivity contribution in [3.63, 3.8) is 0 Å². The van der Waals surface area contributed by atoms with E-state index in [9.17, 15) is 4.79 Å². The molecule has 0 fully saturated rings. The SMILES string of the molecule is CCCC1=NN2C(=N)/C(=C/c3ccc(-c4ccccc4Cl)o3)C(=O)N=C2S1. The van der Waals surface area contributed by atoms with Crippen molar-refractivity contribution in [3.05, 3.63) is 52.8 Å². The van der Waals surface area contributed by atoms with Crippen LogP contribution in [-0.2, 0) is 4.79 Å². The molecular weight excluding hydrogens is 384 g/mol. The van der Waals surface area contributed by atoms with Crippen LogP contribution in [0.4, 0.5) is 0 Å². The molecule has 1 aromatic carbocycles. The Bertz CT molecular complexity index is 1040. The van der Waals surface area contributed by atoms with Gasteiger partial charge in [0.15, 0.2) is 5.84 Å². The summed E-state index contributed by atoms with van der Waals surface area (Å²) in [6.45, 7) is 2.05. The third-order valence-electron chi connectivity index (χ3n) is 4.01. The maximum absolute atomic E-state index is 12.4. The first-order valence-corrected chi connectivity index (χ1v) is 9.60. The lowest BCUT2D eigenvalue weighted by atomic mass is 10.1. The van der Waals surface area contributed by atoms with Crippen LogP contribution < -0.4 is 0 Å². The first kappa shape index (κ1) is 17.8. The fraction of sp³-hybridized carbons (Fsp3) is 0.158. The zero-order valence-corrected chi connectivity index (χ0v) is 16.0. The number of hydrogen-bond donors (Lipinski definition) is 1. The molecule has 0 spiro atoms. The van der Waals surface area contributed by atoms with Crippen molar-refractivity contribution in [1.29, 1.82) is 5.41 Å². The topological polar surface area (TPSA) is 82.0 Å². The Morgan fingerprint density at radius 2 is 2.11 bits per heavy atom. The minimum Gasteiger partial charge on any atom is -0.457 e. The Kier molecular flexibility index (Phi) is 4.72. The minimum absolute atomic E-state index is 0.000651. The van der Waals surface area contributed by atoms with E-state index < -0.39 is 5.91 Å². The first-order valence-electron chi connectivity index (χ1n) is 8.40. The predicted molar refractivity (Wildman–Crippen MR) is 109 cm³/mol. The highest BCUT2D eigenvalue weighted by Gasteiger charge is 2.35. The lowest BCUT2D eigenvalue weighted by Crippen LogP contribution is -2.35. The molecule has 1 N–H and O–H groups in total. The van der Waals surface area contributed by atoms with Gasteiger partial charge in [-0.1, -0.05) is 30.7 Å². The Morgan fingerprint density at radius 1 is 1.30 bits per heavy atom. The van der Waals surface area contributed by atoms with Gasteiger partial charge in [0.1, 0.15) is 16.6 Å². The third-order valence-corrected chi connectivity index (χ3v) is 5.31. The highest BCUT2D eigenvalue weighted by atomic mass is 35.5. The number of halogens is 1. The summed E-state index contributed by atoms with van der Waals surface area (Å²) in [5.41, 5.74) is 0.903. The van der Waals surface area contributed by atoms with Gasteiger partial charge in [-0.3, -0.25) is 10.2 Å². The lowest BCUT2D eigenvalue weighted by Gasteiger charge is -2.19. The Labute approximate surface area is 165 Å². The molecule has 0 aliphatic carbocycles. The number of nitrogens with zero attached hydrogens (tertiary/aromatic N) is 3. The van der Waals surface area contributed by atoms with E-state index in [1.165, 1.54) is 22.8 Å². The summed E-state index contributed by atoms with van der Waals surface area (Å²) in [6, 6.07) is 10.9. The first-order chi connectivity index (χ1) is 13.1. The van der Waals surface area contributed by atoms with Crippen molar-refractivity contribution in [2.24, 2.45) is 10.1 Å². The average Bonchev–Trinajstić information content (AvgIpc) is 3.26. The highest BCUT2D eigenvalue weighted by Crippen LogP contribution is 2.32. The second-order valence-corrected chi connectivity index (χ2v) is 7.39. The monoisotopic (exact) mass is 398 g/mol. The van der Waals surface area contributed by atoms with Crippen LogP contribution in [0.15, 0.2) is 56.5 Å². The van der Waals surface area contributed by atoms with E-state index in [1.807, 2.05) is 18.2 Å². The molecule has 3 heterocycles. The number of carbonyl (C=O) groups excluding carboxylic acids is 1. The van der Waals surface area contributed by atoms with Gasteiger partial charge in [-0.15, -0.1) is 0 Å². The third kappa shape index (κ3) is 3.36. The molecule has 0 radical (unpaired) electrons. The zero-order chi connectivity index (χ0) is 19.0. The summed E-state index contributed by atoms with van der Waals surface area (Å²) >= 11 is 7.54. The number of furan rings is 1. The van der Waals surface area contributed by atoms with E-state index in [0.717, 1.165) is 23.4 Å². The van der Waals surface area contributed by atoms with Crippen LogP contribution in [-0.4, -0.2) is 27.0 Å². The molecule has 4 rings (SSSR count). The van der Waals surface area contributed by atoms with Crippen molar-refractivity contribution < 1.29 is 9.21 Å². The lowest BCUT2D eigenvalue weighted by molar-refractivity contribution is -0.114. The number of amidine groups is 2. The molecule has 2 aliphatic rings. The van der Waals surface area contributed by atoms with Crippen LogP contribution in [0, 0.1) is 5.41 Å². The van der Waals surface area contributed by atoms with E-state index in [-0.39, 0.29) is 11.4 Å². The van der Waals surface area contributed by atoms with Crippen molar-refractivity contribution in [2.75, 3.05) is 0 Å². The van der Waals surface area contributed by atoms with Gasteiger partial charge in [0.05, 0.1) is 10.6 Å². The summed E-state index contributed by atoms with van der Waals surface area (Å²) in [5.74, 6) is 0.564. The second-order valence-electron chi connectivity index (χ2n) is 5.95. The van der Waals surface area contributed by atoms with Crippen LogP contribution in [0.5, 0.6) is 0 Å². The fourth-order valence-corrected chi connectivity index (χ4v) is 3.94. The Balaban J connectivity index is 1.64. The van der Waals surface area contributed by atoms with Crippen LogP contribution in [0.3, 0.4) is 0 Å². The van der Waals surface area contributed by atoms with E-state index >= 15 is 0 Å². The average molecular weight is 399 g/mol. The predicted octanol–water partition coefficient (Wildman–Crippen LogP) is 5.02. The summed E-state index contributed by atoms with van der Waals surface area (Å²) in [6.07, 6.45) is 3.25. The largest absolute Gasteiger partial charge is 0.457 e. The number of amides is 1. The van der Waals surface area contributed by atoms with Crippen LogP contribution in [0.2, 0.25) is 5.02 Å². The molecule has 0 saturated carbocycles. The number of thioether (sulfide) groups is 1. The quantitative estimate of drug-likeness (QED) is 0.733. The number of carbonyl (C=O) groups is 1. The van der Waals surface area contributed by atoms with Gasteiger partial charge >= 0.3 is 0 Å². The number of aliphatic imine (C=N–C) groups is 1. The molecule has 0 atom stereocenters. The van der Waals surface area contributed by atoms with E-state index in [2.05, 4.69) is 17.0 Å². The summed E-state index contributed by atoms with van der Waals surface area (Å²) in [7, 11) is 0. The number of fused-ring (bicyclic) bond motifs is 1. The molecule has 1 aromatic heterocycles. The van der Waals surface area contributed by atoms with Gasteiger partial charge in [0, 0.05) is 5.56 Å². The van der Waals surface area contributed by atoms with Crippen LogP contribution in [0.25, 0.3) is 17.4 Å². The molecule has 0 saturated heterocycles. The minimum atomic E-state index is -0.470. The molecule has 0 unspecified atom stereocenters. The normalized spacial score (nSPS) is 18.0. The molecule has 8 heteroatoms. The zero-order valence-electron chi connectivity index (χ0n) is 14.4. The van der Waals surface area contributed by atoms with Gasteiger partial charge in [-0.2, -0.15) is 15.1 Å².